The summed E-state index contributed by atoms with van der Waals surface area (Å²) in [5, 5.41) is 4.25. The number of rotatable bonds is 4. The molecule has 0 bridgehead atoms. The van der Waals surface area contributed by atoms with Gasteiger partial charge in [-0.1, -0.05) is 0 Å². The molecule has 1 saturated carbocycles. The normalized spacial score (nSPS) is 20.6. The number of hydrogen-bond acceptors (Lipinski definition) is 3. The molecular formula is C15H23BrN4O. The van der Waals surface area contributed by atoms with Crippen LogP contribution in [-0.2, 0) is 6.54 Å². The number of carbonyl (C=O) groups excluding carboxylic acids is 1. The summed E-state index contributed by atoms with van der Waals surface area (Å²) >= 11 is 3.46. The second kappa shape index (κ2) is 6.48. The highest BCUT2D eigenvalue weighted by Crippen LogP contribution is 2.30. The predicted octanol–water partition coefficient (Wildman–Crippen LogP) is 2.22. The van der Waals surface area contributed by atoms with Crippen molar-refractivity contribution < 1.29 is 4.79 Å². The van der Waals surface area contributed by atoms with E-state index in [9.17, 15) is 4.79 Å². The zero-order chi connectivity index (χ0) is 14.8. The summed E-state index contributed by atoms with van der Waals surface area (Å²) in [6.07, 6.45) is 5.56. The van der Waals surface area contributed by atoms with Gasteiger partial charge in [0, 0.05) is 32.7 Å². The average molecular weight is 355 g/mol. The largest absolute Gasteiger partial charge is 0.336 e. The highest BCUT2D eigenvalue weighted by atomic mass is 79.9. The molecule has 21 heavy (non-hydrogen) atoms. The molecule has 0 radical (unpaired) electrons. The molecule has 116 valence electrons. The molecule has 1 amide bonds. The lowest BCUT2D eigenvalue weighted by Gasteiger charge is -2.22. The third kappa shape index (κ3) is 3.48. The zero-order valence-electron chi connectivity index (χ0n) is 12.6. The van der Waals surface area contributed by atoms with Crippen molar-refractivity contribution in [1.29, 1.82) is 0 Å². The number of aromatic nitrogens is 2. The van der Waals surface area contributed by atoms with Crippen molar-refractivity contribution in [1.82, 2.24) is 19.6 Å². The Morgan fingerprint density at radius 2 is 2.14 bits per heavy atom. The van der Waals surface area contributed by atoms with Crippen LogP contribution in [0.2, 0.25) is 0 Å². The van der Waals surface area contributed by atoms with E-state index in [4.69, 9.17) is 0 Å². The quantitative estimate of drug-likeness (QED) is 0.832. The van der Waals surface area contributed by atoms with Crippen molar-refractivity contribution in [2.45, 2.75) is 32.7 Å². The number of aryl methyl sites for hydroxylation is 1. The molecule has 0 spiro atoms. The van der Waals surface area contributed by atoms with Crippen LogP contribution in [0.15, 0.2) is 10.7 Å². The van der Waals surface area contributed by atoms with Crippen LogP contribution >= 0.6 is 15.9 Å². The van der Waals surface area contributed by atoms with Gasteiger partial charge in [0.1, 0.15) is 5.69 Å². The summed E-state index contributed by atoms with van der Waals surface area (Å²) in [7, 11) is 0. The first kappa shape index (κ1) is 15.0. The van der Waals surface area contributed by atoms with E-state index in [1.54, 1.807) is 10.9 Å². The van der Waals surface area contributed by atoms with Gasteiger partial charge in [-0.05, 0) is 54.6 Å². The summed E-state index contributed by atoms with van der Waals surface area (Å²) < 4.78 is 2.58. The van der Waals surface area contributed by atoms with Gasteiger partial charge in [0.25, 0.3) is 5.91 Å². The molecule has 2 heterocycles. The molecule has 1 aliphatic carbocycles. The van der Waals surface area contributed by atoms with Crippen molar-refractivity contribution in [3.05, 3.63) is 16.4 Å². The topological polar surface area (TPSA) is 41.4 Å². The summed E-state index contributed by atoms with van der Waals surface area (Å²) in [5.74, 6) is 1.03. The highest BCUT2D eigenvalue weighted by molar-refractivity contribution is 9.10. The lowest BCUT2D eigenvalue weighted by molar-refractivity contribution is 0.0748. The number of halogens is 1. The Morgan fingerprint density at radius 3 is 2.86 bits per heavy atom. The molecule has 1 aromatic heterocycles. The third-order valence-electron chi connectivity index (χ3n) is 4.39. The average Bonchev–Trinajstić information content (AvgIpc) is 3.25. The molecule has 0 N–H and O–H groups in total. The lowest BCUT2D eigenvalue weighted by Crippen LogP contribution is -2.36. The number of amides is 1. The molecular weight excluding hydrogens is 332 g/mol. The standard InChI is InChI=1S/C15H23BrN4O/c1-2-20-14(13(16)10-17-20)15(21)19-7-3-6-18(8-9-19)11-12-4-5-12/h10,12H,2-9,11H2,1H3. The Hall–Kier alpha value is -0.880. The first-order valence-electron chi connectivity index (χ1n) is 7.92. The van der Waals surface area contributed by atoms with E-state index in [1.807, 2.05) is 11.8 Å². The van der Waals surface area contributed by atoms with Gasteiger partial charge >= 0.3 is 0 Å². The van der Waals surface area contributed by atoms with Gasteiger partial charge in [-0.2, -0.15) is 5.10 Å². The molecule has 0 unspecified atom stereocenters. The van der Waals surface area contributed by atoms with E-state index in [0.29, 0.717) is 12.2 Å². The Morgan fingerprint density at radius 1 is 1.33 bits per heavy atom. The fourth-order valence-corrected chi connectivity index (χ4v) is 3.45. The first-order chi connectivity index (χ1) is 10.2. The van der Waals surface area contributed by atoms with Gasteiger partial charge in [0.2, 0.25) is 0 Å². The molecule has 1 saturated heterocycles. The van der Waals surface area contributed by atoms with Gasteiger partial charge in [-0.15, -0.1) is 0 Å². The SMILES string of the molecule is CCn1ncc(Br)c1C(=O)N1CCCN(CC2CC2)CC1. The predicted molar refractivity (Wildman–Crippen MR) is 85.3 cm³/mol. The van der Waals surface area contributed by atoms with Crippen molar-refractivity contribution in [2.75, 3.05) is 32.7 Å². The summed E-state index contributed by atoms with van der Waals surface area (Å²) in [6.45, 7) is 7.74. The van der Waals surface area contributed by atoms with Gasteiger partial charge in [0.15, 0.2) is 0 Å². The fraction of sp³-hybridized carbons (Fsp3) is 0.733. The van der Waals surface area contributed by atoms with Crippen LogP contribution in [0.1, 0.15) is 36.7 Å². The van der Waals surface area contributed by atoms with Crippen molar-refractivity contribution in [3.63, 3.8) is 0 Å². The van der Waals surface area contributed by atoms with Gasteiger partial charge in [-0.25, -0.2) is 0 Å². The van der Waals surface area contributed by atoms with Gasteiger partial charge in [0.05, 0.1) is 10.7 Å². The van der Waals surface area contributed by atoms with E-state index >= 15 is 0 Å². The van der Waals surface area contributed by atoms with E-state index < -0.39 is 0 Å². The van der Waals surface area contributed by atoms with E-state index in [-0.39, 0.29) is 5.91 Å². The van der Waals surface area contributed by atoms with Crippen LogP contribution in [0.25, 0.3) is 0 Å². The van der Waals surface area contributed by atoms with Crippen LogP contribution < -0.4 is 0 Å². The maximum Gasteiger partial charge on any atom is 0.273 e. The molecule has 5 nitrogen and oxygen atoms in total. The minimum absolute atomic E-state index is 0.106. The van der Waals surface area contributed by atoms with Gasteiger partial charge in [-0.3, -0.25) is 9.48 Å². The van der Waals surface area contributed by atoms with E-state index in [1.165, 1.54) is 19.4 Å². The van der Waals surface area contributed by atoms with Gasteiger partial charge < -0.3 is 9.80 Å². The molecule has 6 heteroatoms. The molecule has 1 aliphatic heterocycles. The smallest absolute Gasteiger partial charge is 0.273 e. The van der Waals surface area contributed by atoms with E-state index in [2.05, 4.69) is 25.9 Å². The molecule has 2 aliphatic rings. The van der Waals surface area contributed by atoms with Crippen LogP contribution in [-0.4, -0.2) is 58.2 Å². The minimum Gasteiger partial charge on any atom is -0.336 e. The second-order valence-corrected chi connectivity index (χ2v) is 6.90. The number of nitrogens with zero attached hydrogens (tertiary/aromatic N) is 4. The maximum atomic E-state index is 12.8. The maximum absolute atomic E-state index is 12.8. The summed E-state index contributed by atoms with van der Waals surface area (Å²) in [6, 6.07) is 0. The van der Waals surface area contributed by atoms with Crippen molar-refractivity contribution in [3.8, 4) is 0 Å². The van der Waals surface area contributed by atoms with Crippen molar-refractivity contribution >= 4 is 21.8 Å². The monoisotopic (exact) mass is 354 g/mol. The fourth-order valence-electron chi connectivity index (χ4n) is 2.99. The third-order valence-corrected chi connectivity index (χ3v) is 4.97. The Balaban J connectivity index is 1.65. The van der Waals surface area contributed by atoms with Crippen LogP contribution in [0.3, 0.4) is 0 Å². The Bertz CT molecular complexity index is 512. The summed E-state index contributed by atoms with van der Waals surface area (Å²) in [5.41, 5.74) is 0.688. The Kier molecular flexibility index (Phi) is 4.64. The van der Waals surface area contributed by atoms with E-state index in [0.717, 1.165) is 43.0 Å². The lowest BCUT2D eigenvalue weighted by atomic mass is 10.3. The molecule has 3 rings (SSSR count). The highest BCUT2D eigenvalue weighted by Gasteiger charge is 2.28. The molecule has 1 aromatic rings. The minimum atomic E-state index is 0.106. The van der Waals surface area contributed by atoms with Crippen LogP contribution in [0, 0.1) is 5.92 Å². The molecule has 0 aromatic carbocycles. The molecule has 2 fully saturated rings. The second-order valence-electron chi connectivity index (χ2n) is 6.05. The van der Waals surface area contributed by atoms with Crippen molar-refractivity contribution in [2.24, 2.45) is 5.92 Å². The van der Waals surface area contributed by atoms with Crippen LogP contribution in [0.4, 0.5) is 0 Å². The number of carbonyl (C=O) groups is 1. The van der Waals surface area contributed by atoms with Crippen LogP contribution in [0.5, 0.6) is 0 Å². The first-order valence-corrected chi connectivity index (χ1v) is 8.71. The summed E-state index contributed by atoms with van der Waals surface area (Å²) in [4.78, 5) is 17.3. The molecule has 0 atom stereocenters. The zero-order valence-corrected chi connectivity index (χ0v) is 14.2. The number of hydrogen-bond donors (Lipinski definition) is 0. The Labute approximate surface area is 134 Å².